The van der Waals surface area contributed by atoms with Crippen LogP contribution in [-0.2, 0) is 0 Å². The molecule has 1 aromatic carbocycles. The molecule has 1 rings (SSSR count). The van der Waals surface area contributed by atoms with E-state index in [1.54, 1.807) is 6.92 Å². The summed E-state index contributed by atoms with van der Waals surface area (Å²) >= 11 is 0. The van der Waals surface area contributed by atoms with Crippen LogP contribution in [0.25, 0.3) is 5.57 Å². The van der Waals surface area contributed by atoms with Gasteiger partial charge in [0, 0.05) is 0 Å². The highest BCUT2D eigenvalue weighted by atomic mass is 19.2. The zero-order chi connectivity index (χ0) is 10.0. The summed E-state index contributed by atoms with van der Waals surface area (Å²) in [5.74, 6) is -1.58. The third kappa shape index (κ3) is 1.94. The van der Waals surface area contributed by atoms with Crippen LogP contribution in [0.15, 0.2) is 18.2 Å². The van der Waals surface area contributed by atoms with Crippen LogP contribution in [0.5, 0.6) is 0 Å². The van der Waals surface area contributed by atoms with Crippen molar-refractivity contribution in [3.05, 3.63) is 41.0 Å². The molecule has 70 valence electrons. The van der Waals surface area contributed by atoms with Crippen molar-refractivity contribution < 1.29 is 8.78 Å². The lowest BCUT2D eigenvalue weighted by atomic mass is 10.0. The van der Waals surface area contributed by atoms with E-state index in [0.717, 1.165) is 16.7 Å². The Hall–Kier alpha value is -1.18. The van der Waals surface area contributed by atoms with Gasteiger partial charge >= 0.3 is 0 Å². The lowest BCUT2D eigenvalue weighted by Gasteiger charge is -2.06. The van der Waals surface area contributed by atoms with Gasteiger partial charge in [0.1, 0.15) is 0 Å². The van der Waals surface area contributed by atoms with Crippen molar-refractivity contribution in [3.63, 3.8) is 0 Å². The Labute approximate surface area is 76.9 Å². The van der Waals surface area contributed by atoms with E-state index in [1.165, 1.54) is 12.1 Å². The molecule has 0 unspecified atom stereocenters. The van der Waals surface area contributed by atoms with Gasteiger partial charge in [-0.1, -0.05) is 6.08 Å². The third-order valence-electron chi connectivity index (χ3n) is 2.13. The Kier molecular flexibility index (Phi) is 2.81. The standard InChI is InChI=1S/C11H12F2/c1-4-7(2)9-6-11(13)10(12)5-8(9)3/h4-6H,1-3H3/b7-4-. The first-order valence-corrected chi connectivity index (χ1v) is 4.15. The van der Waals surface area contributed by atoms with Gasteiger partial charge in [-0.05, 0) is 49.6 Å². The highest BCUT2D eigenvalue weighted by Crippen LogP contribution is 2.21. The van der Waals surface area contributed by atoms with Crippen molar-refractivity contribution in [3.8, 4) is 0 Å². The lowest BCUT2D eigenvalue weighted by molar-refractivity contribution is 0.507. The quantitative estimate of drug-likeness (QED) is 0.621. The second kappa shape index (κ2) is 3.69. The van der Waals surface area contributed by atoms with Gasteiger partial charge in [-0.3, -0.25) is 0 Å². The molecule has 0 amide bonds. The topological polar surface area (TPSA) is 0 Å². The first-order valence-electron chi connectivity index (χ1n) is 4.15. The van der Waals surface area contributed by atoms with Crippen molar-refractivity contribution in [1.82, 2.24) is 0 Å². The van der Waals surface area contributed by atoms with Crippen molar-refractivity contribution in [2.75, 3.05) is 0 Å². The summed E-state index contributed by atoms with van der Waals surface area (Å²) in [5.41, 5.74) is 2.48. The minimum absolute atomic E-state index is 0.759. The fourth-order valence-corrected chi connectivity index (χ4v) is 1.23. The molecule has 0 aromatic heterocycles. The molecule has 0 aliphatic carbocycles. The van der Waals surface area contributed by atoms with Gasteiger partial charge in [-0.2, -0.15) is 0 Å². The van der Waals surface area contributed by atoms with Crippen LogP contribution in [-0.4, -0.2) is 0 Å². The zero-order valence-electron chi connectivity index (χ0n) is 7.99. The number of hydrogen-bond acceptors (Lipinski definition) is 0. The number of aryl methyl sites for hydroxylation is 1. The number of hydrogen-bond donors (Lipinski definition) is 0. The minimum Gasteiger partial charge on any atom is -0.204 e. The van der Waals surface area contributed by atoms with Crippen LogP contribution in [0.3, 0.4) is 0 Å². The van der Waals surface area contributed by atoms with Crippen LogP contribution in [0, 0.1) is 18.6 Å². The summed E-state index contributed by atoms with van der Waals surface area (Å²) < 4.78 is 25.6. The molecule has 0 nitrogen and oxygen atoms in total. The maximum atomic E-state index is 12.9. The molecule has 1 aromatic rings. The molecule has 0 aliphatic heterocycles. The molecule has 0 fully saturated rings. The first kappa shape index (κ1) is 9.90. The number of halogens is 2. The molecule has 0 aliphatic rings. The van der Waals surface area contributed by atoms with Crippen molar-refractivity contribution in [2.45, 2.75) is 20.8 Å². The fraction of sp³-hybridized carbons (Fsp3) is 0.273. The fourth-order valence-electron chi connectivity index (χ4n) is 1.23. The van der Waals surface area contributed by atoms with E-state index in [9.17, 15) is 8.78 Å². The van der Waals surface area contributed by atoms with E-state index >= 15 is 0 Å². The maximum absolute atomic E-state index is 12.9. The molecule has 0 atom stereocenters. The van der Waals surface area contributed by atoms with Gasteiger partial charge in [0.2, 0.25) is 0 Å². The first-order chi connectivity index (χ1) is 6.06. The van der Waals surface area contributed by atoms with Gasteiger partial charge in [0.15, 0.2) is 11.6 Å². The summed E-state index contributed by atoms with van der Waals surface area (Å²) in [7, 11) is 0. The average Bonchev–Trinajstić information content (AvgIpc) is 2.10. The third-order valence-corrected chi connectivity index (χ3v) is 2.13. The van der Waals surface area contributed by atoms with E-state index in [-0.39, 0.29) is 0 Å². The molecule has 0 saturated heterocycles. The van der Waals surface area contributed by atoms with Crippen molar-refractivity contribution >= 4 is 5.57 Å². The molecule has 0 N–H and O–H groups in total. The van der Waals surface area contributed by atoms with Crippen LogP contribution in [0.4, 0.5) is 8.78 Å². The summed E-state index contributed by atoms with van der Waals surface area (Å²) in [6.07, 6.45) is 1.87. The van der Waals surface area contributed by atoms with Crippen LogP contribution >= 0.6 is 0 Å². The molecule has 13 heavy (non-hydrogen) atoms. The van der Waals surface area contributed by atoms with Crippen molar-refractivity contribution in [2.24, 2.45) is 0 Å². The highest BCUT2D eigenvalue weighted by molar-refractivity contribution is 5.66. The second-order valence-electron chi connectivity index (χ2n) is 3.05. The van der Waals surface area contributed by atoms with Gasteiger partial charge in [0.25, 0.3) is 0 Å². The Morgan fingerprint density at radius 1 is 1.23 bits per heavy atom. The Morgan fingerprint density at radius 3 is 2.31 bits per heavy atom. The Bertz CT molecular complexity index is 351. The molecule has 0 heterocycles. The number of rotatable bonds is 1. The molecular formula is C11H12F2. The monoisotopic (exact) mass is 182 g/mol. The van der Waals surface area contributed by atoms with Gasteiger partial charge < -0.3 is 0 Å². The lowest BCUT2D eigenvalue weighted by Crippen LogP contribution is -1.91. The number of allylic oxidation sites excluding steroid dienone is 2. The van der Waals surface area contributed by atoms with E-state index in [0.29, 0.717) is 0 Å². The molecular weight excluding hydrogens is 170 g/mol. The maximum Gasteiger partial charge on any atom is 0.159 e. The molecule has 2 heteroatoms. The average molecular weight is 182 g/mol. The van der Waals surface area contributed by atoms with Gasteiger partial charge in [-0.25, -0.2) is 8.78 Å². The van der Waals surface area contributed by atoms with Gasteiger partial charge in [0.05, 0.1) is 0 Å². The predicted octanol–water partition coefficient (Wildman–Crippen LogP) is 3.70. The van der Waals surface area contributed by atoms with E-state index < -0.39 is 11.6 Å². The molecule has 0 bridgehead atoms. The van der Waals surface area contributed by atoms with E-state index in [2.05, 4.69) is 0 Å². The summed E-state index contributed by atoms with van der Waals surface area (Å²) in [5, 5.41) is 0. The molecule has 0 saturated carbocycles. The molecule has 0 spiro atoms. The Morgan fingerprint density at radius 2 is 1.77 bits per heavy atom. The minimum atomic E-state index is -0.790. The van der Waals surface area contributed by atoms with Gasteiger partial charge in [-0.15, -0.1) is 0 Å². The number of benzene rings is 1. The largest absolute Gasteiger partial charge is 0.204 e. The van der Waals surface area contributed by atoms with E-state index in [4.69, 9.17) is 0 Å². The van der Waals surface area contributed by atoms with E-state index in [1.807, 2.05) is 19.9 Å². The predicted molar refractivity (Wildman–Crippen MR) is 50.4 cm³/mol. The highest BCUT2D eigenvalue weighted by Gasteiger charge is 2.07. The summed E-state index contributed by atoms with van der Waals surface area (Å²) in [6, 6.07) is 2.46. The van der Waals surface area contributed by atoms with Crippen LogP contribution in [0.2, 0.25) is 0 Å². The van der Waals surface area contributed by atoms with Crippen LogP contribution < -0.4 is 0 Å². The normalized spacial score (nSPS) is 11.9. The molecule has 0 radical (unpaired) electrons. The summed E-state index contributed by atoms with van der Waals surface area (Å²) in [4.78, 5) is 0. The van der Waals surface area contributed by atoms with Crippen LogP contribution in [0.1, 0.15) is 25.0 Å². The zero-order valence-corrected chi connectivity index (χ0v) is 7.99. The Balaban J connectivity index is 3.32. The second-order valence-corrected chi connectivity index (χ2v) is 3.05. The summed E-state index contributed by atoms with van der Waals surface area (Å²) in [6.45, 7) is 5.51. The smallest absolute Gasteiger partial charge is 0.159 e. The van der Waals surface area contributed by atoms with Crippen molar-refractivity contribution in [1.29, 1.82) is 0 Å². The SMILES string of the molecule is C/C=C(/C)c1cc(F)c(F)cc1C.